The van der Waals surface area contributed by atoms with Crippen molar-refractivity contribution in [2.45, 2.75) is 25.7 Å². The number of benzene rings is 2. The van der Waals surface area contributed by atoms with Gasteiger partial charge in [-0.25, -0.2) is 0 Å². The summed E-state index contributed by atoms with van der Waals surface area (Å²) >= 11 is 0. The number of ketones is 1. The van der Waals surface area contributed by atoms with Crippen LogP contribution in [0.5, 0.6) is 11.5 Å². The highest BCUT2D eigenvalue weighted by molar-refractivity contribution is 6.09. The summed E-state index contributed by atoms with van der Waals surface area (Å²) in [6.07, 6.45) is 5.13. The van der Waals surface area contributed by atoms with Crippen LogP contribution in [0.4, 0.5) is 0 Å². The summed E-state index contributed by atoms with van der Waals surface area (Å²) in [6.45, 7) is 7.84. The van der Waals surface area contributed by atoms with Crippen LogP contribution >= 0.6 is 0 Å². The summed E-state index contributed by atoms with van der Waals surface area (Å²) < 4.78 is 11.8. The molecule has 2 aromatic rings. The first-order valence-corrected chi connectivity index (χ1v) is 11.2. The Kier molecular flexibility index (Phi) is 7.38. The van der Waals surface area contributed by atoms with E-state index in [1.54, 1.807) is 0 Å². The first-order valence-electron chi connectivity index (χ1n) is 11.2. The molecule has 4 rings (SSSR count). The lowest BCUT2D eigenvalue weighted by molar-refractivity contribution is 0.103. The van der Waals surface area contributed by atoms with E-state index in [2.05, 4.69) is 9.80 Å². The van der Waals surface area contributed by atoms with Crippen LogP contribution in [0.15, 0.2) is 48.5 Å². The molecule has 2 aromatic carbocycles. The summed E-state index contributed by atoms with van der Waals surface area (Å²) in [7, 11) is 0. The number of carbonyl (C=O) groups excluding carboxylic acids is 1. The molecule has 0 spiro atoms. The van der Waals surface area contributed by atoms with Gasteiger partial charge in [0.25, 0.3) is 0 Å². The van der Waals surface area contributed by atoms with Gasteiger partial charge in [0.2, 0.25) is 0 Å². The first kappa shape index (κ1) is 20.9. The van der Waals surface area contributed by atoms with Gasteiger partial charge in [-0.1, -0.05) is 24.3 Å². The molecule has 2 fully saturated rings. The molecule has 0 bridgehead atoms. The number of hydrogen-bond acceptors (Lipinski definition) is 5. The van der Waals surface area contributed by atoms with Crippen LogP contribution in [0.1, 0.15) is 41.6 Å². The molecular weight excluding hydrogens is 376 g/mol. The normalized spacial score (nSPS) is 17.3. The van der Waals surface area contributed by atoms with Crippen LogP contribution in [0.3, 0.4) is 0 Å². The van der Waals surface area contributed by atoms with Crippen molar-refractivity contribution in [2.24, 2.45) is 0 Å². The van der Waals surface area contributed by atoms with Gasteiger partial charge >= 0.3 is 0 Å². The largest absolute Gasteiger partial charge is 0.492 e. The molecule has 0 N–H and O–H groups in total. The smallest absolute Gasteiger partial charge is 0.193 e. The van der Waals surface area contributed by atoms with Crippen molar-refractivity contribution in [3.8, 4) is 11.5 Å². The molecular formula is C25H32N2O3. The molecule has 0 aliphatic carbocycles. The molecule has 30 heavy (non-hydrogen) atoms. The maximum absolute atomic E-state index is 13.0. The average molecular weight is 409 g/mol. The summed E-state index contributed by atoms with van der Waals surface area (Å²) in [5.41, 5.74) is 1.28. The van der Waals surface area contributed by atoms with Crippen LogP contribution in [0.2, 0.25) is 0 Å². The van der Waals surface area contributed by atoms with Gasteiger partial charge in [-0.2, -0.15) is 0 Å². The number of likely N-dealkylation sites (tertiary alicyclic amines) is 2. The lowest BCUT2D eigenvalue weighted by atomic mass is 10.0. The monoisotopic (exact) mass is 408 g/mol. The van der Waals surface area contributed by atoms with Crippen LogP contribution < -0.4 is 9.47 Å². The average Bonchev–Trinajstić information content (AvgIpc) is 3.48. The van der Waals surface area contributed by atoms with Crippen LogP contribution in [-0.4, -0.2) is 68.1 Å². The Morgan fingerprint density at radius 1 is 0.700 bits per heavy atom. The molecule has 0 radical (unpaired) electrons. The van der Waals surface area contributed by atoms with Gasteiger partial charge in [0.1, 0.15) is 24.7 Å². The van der Waals surface area contributed by atoms with Gasteiger partial charge in [0.05, 0.1) is 0 Å². The van der Waals surface area contributed by atoms with Crippen molar-refractivity contribution in [1.82, 2.24) is 9.80 Å². The Hall–Kier alpha value is -2.37. The molecule has 0 aromatic heterocycles. The highest BCUT2D eigenvalue weighted by Gasteiger charge is 2.14. The minimum atomic E-state index is -0.00927. The van der Waals surface area contributed by atoms with Gasteiger partial charge in [0.15, 0.2) is 5.78 Å². The first-order chi connectivity index (χ1) is 14.8. The Morgan fingerprint density at radius 2 is 1.13 bits per heavy atom. The van der Waals surface area contributed by atoms with Gasteiger partial charge in [-0.15, -0.1) is 0 Å². The molecule has 0 unspecified atom stereocenters. The highest BCUT2D eigenvalue weighted by atomic mass is 16.5. The third-order valence-electron chi connectivity index (χ3n) is 5.94. The standard InChI is InChI=1S/C25H32N2O3/c28-25(21-7-5-9-23(19-21)29-17-15-26-11-1-2-12-26)22-8-6-10-24(20-22)30-18-16-27-13-3-4-14-27/h5-10,19-20H,1-4,11-18H2. The predicted molar refractivity (Wildman–Crippen MR) is 119 cm³/mol. The lowest BCUT2D eigenvalue weighted by Crippen LogP contribution is -2.25. The minimum absolute atomic E-state index is 0.00927. The van der Waals surface area contributed by atoms with Crippen molar-refractivity contribution in [1.29, 1.82) is 0 Å². The number of carbonyl (C=O) groups is 1. The van der Waals surface area contributed by atoms with Crippen molar-refractivity contribution < 1.29 is 14.3 Å². The van der Waals surface area contributed by atoms with E-state index in [-0.39, 0.29) is 5.78 Å². The number of ether oxygens (including phenoxy) is 2. The fourth-order valence-electron chi connectivity index (χ4n) is 4.22. The summed E-state index contributed by atoms with van der Waals surface area (Å²) in [5.74, 6) is 1.49. The van der Waals surface area contributed by atoms with Crippen LogP contribution in [0, 0.1) is 0 Å². The quantitative estimate of drug-likeness (QED) is 0.559. The third kappa shape index (κ3) is 5.83. The summed E-state index contributed by atoms with van der Waals surface area (Å²) in [4.78, 5) is 17.8. The molecule has 0 amide bonds. The number of nitrogens with zero attached hydrogens (tertiary/aromatic N) is 2. The van der Waals surface area contributed by atoms with E-state index in [1.165, 1.54) is 51.9 Å². The zero-order chi connectivity index (χ0) is 20.6. The van der Waals surface area contributed by atoms with E-state index in [0.29, 0.717) is 24.3 Å². The Balaban J connectivity index is 1.31. The van der Waals surface area contributed by atoms with Gasteiger partial charge in [-0.3, -0.25) is 14.6 Å². The zero-order valence-electron chi connectivity index (χ0n) is 17.7. The molecule has 5 nitrogen and oxygen atoms in total. The minimum Gasteiger partial charge on any atom is -0.492 e. The number of rotatable bonds is 10. The molecule has 0 saturated carbocycles. The van der Waals surface area contributed by atoms with Gasteiger partial charge in [-0.05, 0) is 76.1 Å². The molecule has 2 saturated heterocycles. The zero-order valence-corrected chi connectivity index (χ0v) is 17.7. The fraction of sp³-hybridized carbons (Fsp3) is 0.480. The van der Waals surface area contributed by atoms with E-state index in [0.717, 1.165) is 24.6 Å². The van der Waals surface area contributed by atoms with Crippen LogP contribution in [-0.2, 0) is 0 Å². The highest BCUT2D eigenvalue weighted by Crippen LogP contribution is 2.20. The van der Waals surface area contributed by atoms with Crippen molar-refractivity contribution in [2.75, 3.05) is 52.5 Å². The van der Waals surface area contributed by atoms with E-state index < -0.39 is 0 Å². The van der Waals surface area contributed by atoms with Crippen molar-refractivity contribution in [3.63, 3.8) is 0 Å². The predicted octanol–water partition coefficient (Wildman–Crippen LogP) is 3.87. The summed E-state index contributed by atoms with van der Waals surface area (Å²) in [5, 5.41) is 0. The molecule has 160 valence electrons. The van der Waals surface area contributed by atoms with E-state index in [4.69, 9.17) is 9.47 Å². The molecule has 2 aliphatic rings. The molecule has 0 atom stereocenters. The topological polar surface area (TPSA) is 42.0 Å². The third-order valence-corrected chi connectivity index (χ3v) is 5.94. The van der Waals surface area contributed by atoms with Crippen molar-refractivity contribution >= 4 is 5.78 Å². The van der Waals surface area contributed by atoms with Gasteiger partial charge in [0, 0.05) is 24.2 Å². The Labute approximate surface area is 179 Å². The maximum Gasteiger partial charge on any atom is 0.193 e. The fourth-order valence-corrected chi connectivity index (χ4v) is 4.22. The molecule has 2 aliphatic heterocycles. The number of hydrogen-bond donors (Lipinski definition) is 0. The van der Waals surface area contributed by atoms with E-state index >= 15 is 0 Å². The van der Waals surface area contributed by atoms with Crippen molar-refractivity contribution in [3.05, 3.63) is 59.7 Å². The second-order valence-corrected chi connectivity index (χ2v) is 8.18. The van der Waals surface area contributed by atoms with E-state index in [9.17, 15) is 4.79 Å². The van der Waals surface area contributed by atoms with E-state index in [1.807, 2.05) is 48.5 Å². The Bertz CT molecular complexity index is 759. The SMILES string of the molecule is O=C(c1cccc(OCCN2CCCC2)c1)c1cccc(OCCN2CCCC2)c1. The lowest BCUT2D eigenvalue weighted by Gasteiger charge is -2.15. The Morgan fingerprint density at radius 3 is 1.57 bits per heavy atom. The molecule has 5 heteroatoms. The molecule has 2 heterocycles. The second-order valence-electron chi connectivity index (χ2n) is 8.18. The maximum atomic E-state index is 13.0. The van der Waals surface area contributed by atoms with Crippen LogP contribution in [0.25, 0.3) is 0 Å². The summed E-state index contributed by atoms with van der Waals surface area (Å²) in [6, 6.07) is 15.0. The second kappa shape index (κ2) is 10.6. The van der Waals surface area contributed by atoms with Gasteiger partial charge < -0.3 is 9.47 Å².